The van der Waals surface area contributed by atoms with Gasteiger partial charge < -0.3 is 15.0 Å². The minimum Gasteiger partial charge on any atom is -0.378 e. The Balaban J connectivity index is 1.84. The highest BCUT2D eigenvalue weighted by atomic mass is 16.5. The van der Waals surface area contributed by atoms with Crippen molar-refractivity contribution >= 4 is 11.7 Å². The monoisotopic (exact) mass is 306 g/mol. The molecule has 5 heteroatoms. The van der Waals surface area contributed by atoms with Gasteiger partial charge in [-0.3, -0.25) is 9.59 Å². The number of ketones is 1. The van der Waals surface area contributed by atoms with Crippen molar-refractivity contribution in [1.29, 1.82) is 0 Å². The number of aromatic nitrogens is 1. The van der Waals surface area contributed by atoms with Crippen molar-refractivity contribution in [1.82, 2.24) is 10.3 Å². The summed E-state index contributed by atoms with van der Waals surface area (Å²) in [5, 5.41) is 2.88. The number of H-pyrrole nitrogens is 1. The van der Waals surface area contributed by atoms with Crippen LogP contribution in [0.5, 0.6) is 0 Å². The number of Topliss-reactive ketones (excluding diaryl/α,β-unsaturated/α-hetero) is 1. The van der Waals surface area contributed by atoms with Gasteiger partial charge in [0.1, 0.15) is 5.69 Å². The van der Waals surface area contributed by atoms with Crippen molar-refractivity contribution < 1.29 is 14.3 Å². The van der Waals surface area contributed by atoms with E-state index in [1.54, 1.807) is 12.3 Å². The first-order valence-corrected chi connectivity index (χ1v) is 7.93. The summed E-state index contributed by atoms with van der Waals surface area (Å²) in [7, 11) is 0. The van der Waals surface area contributed by atoms with Gasteiger partial charge in [-0.05, 0) is 24.3 Å². The molecule has 0 aliphatic carbocycles. The molecule has 0 radical (unpaired) electrons. The fraction of sp³-hybridized carbons (Fsp3) is 0.647. The summed E-state index contributed by atoms with van der Waals surface area (Å²) in [5.41, 5.74) is 1.16. The number of carbonyl (C=O) groups is 2. The Bertz CT molecular complexity index is 546. The van der Waals surface area contributed by atoms with Gasteiger partial charge in [-0.25, -0.2) is 0 Å². The molecular weight excluding hydrogens is 280 g/mol. The summed E-state index contributed by atoms with van der Waals surface area (Å²) in [5.74, 6) is -0.219. The molecule has 0 aromatic carbocycles. The van der Waals surface area contributed by atoms with Gasteiger partial charge in [0.15, 0.2) is 5.78 Å². The molecule has 2 heterocycles. The van der Waals surface area contributed by atoms with E-state index in [0.717, 1.165) is 19.4 Å². The van der Waals surface area contributed by atoms with E-state index in [-0.39, 0.29) is 29.1 Å². The molecule has 1 atom stereocenters. The lowest BCUT2D eigenvalue weighted by Gasteiger charge is -2.25. The van der Waals surface area contributed by atoms with Crippen molar-refractivity contribution in [3.05, 3.63) is 23.5 Å². The highest BCUT2D eigenvalue weighted by molar-refractivity contribution is 6.00. The maximum atomic E-state index is 12.1. The second kappa shape index (κ2) is 6.65. The van der Waals surface area contributed by atoms with Crippen molar-refractivity contribution in [3.8, 4) is 0 Å². The molecule has 1 aromatic heterocycles. The second-order valence-electron chi connectivity index (χ2n) is 6.96. The summed E-state index contributed by atoms with van der Waals surface area (Å²) >= 11 is 0. The zero-order valence-corrected chi connectivity index (χ0v) is 13.9. The van der Waals surface area contributed by atoms with Crippen molar-refractivity contribution in [3.63, 3.8) is 0 Å². The first-order chi connectivity index (χ1) is 10.3. The molecular formula is C17H26N2O3. The number of carbonyl (C=O) groups excluding carboxylic acids is 2. The lowest BCUT2D eigenvalue weighted by molar-refractivity contribution is 0.0564. The van der Waals surface area contributed by atoms with Crippen LogP contribution in [0.2, 0.25) is 0 Å². The van der Waals surface area contributed by atoms with E-state index in [1.165, 1.54) is 0 Å². The van der Waals surface area contributed by atoms with Crippen LogP contribution in [0.25, 0.3) is 0 Å². The summed E-state index contributed by atoms with van der Waals surface area (Å²) < 4.78 is 5.71. The van der Waals surface area contributed by atoms with Crippen LogP contribution in [0.3, 0.4) is 0 Å². The van der Waals surface area contributed by atoms with Crippen LogP contribution in [0.15, 0.2) is 12.3 Å². The number of hydrogen-bond acceptors (Lipinski definition) is 3. The molecule has 0 bridgehead atoms. The van der Waals surface area contributed by atoms with Gasteiger partial charge in [0.05, 0.1) is 6.10 Å². The third-order valence-corrected chi connectivity index (χ3v) is 4.37. The van der Waals surface area contributed by atoms with Gasteiger partial charge in [-0.1, -0.05) is 27.7 Å². The van der Waals surface area contributed by atoms with Crippen molar-refractivity contribution in [2.45, 2.75) is 46.6 Å². The lowest BCUT2D eigenvalue weighted by atomic mass is 9.84. The predicted molar refractivity (Wildman–Crippen MR) is 85.0 cm³/mol. The van der Waals surface area contributed by atoms with Crippen LogP contribution < -0.4 is 5.32 Å². The number of rotatable bonds is 6. The molecule has 22 heavy (non-hydrogen) atoms. The zero-order valence-electron chi connectivity index (χ0n) is 13.9. The van der Waals surface area contributed by atoms with Crippen molar-refractivity contribution in [2.24, 2.45) is 11.3 Å². The maximum Gasteiger partial charge on any atom is 0.267 e. The third kappa shape index (κ3) is 3.77. The first-order valence-electron chi connectivity index (χ1n) is 7.93. The summed E-state index contributed by atoms with van der Waals surface area (Å²) in [6.45, 7) is 9.45. The molecule has 5 nitrogen and oxygen atoms in total. The normalized spacial score (nSPS) is 20.3. The zero-order chi connectivity index (χ0) is 16.3. The van der Waals surface area contributed by atoms with Gasteiger partial charge in [0.25, 0.3) is 5.91 Å². The average molecular weight is 306 g/mol. The van der Waals surface area contributed by atoms with Gasteiger partial charge >= 0.3 is 0 Å². The van der Waals surface area contributed by atoms with Gasteiger partial charge in [-0.2, -0.15) is 0 Å². The summed E-state index contributed by atoms with van der Waals surface area (Å²) in [6.07, 6.45) is 3.65. The van der Waals surface area contributed by atoms with Crippen LogP contribution >= 0.6 is 0 Å². The first kappa shape index (κ1) is 16.7. The molecule has 0 saturated carbocycles. The lowest BCUT2D eigenvalue weighted by Crippen LogP contribution is -2.31. The Hall–Kier alpha value is -1.62. The molecule has 2 N–H and O–H groups in total. The van der Waals surface area contributed by atoms with E-state index < -0.39 is 0 Å². The third-order valence-electron chi connectivity index (χ3n) is 4.37. The number of nitrogens with one attached hydrogen (secondary N) is 2. The van der Waals surface area contributed by atoms with E-state index in [4.69, 9.17) is 4.74 Å². The van der Waals surface area contributed by atoms with Crippen molar-refractivity contribution in [2.75, 3.05) is 13.2 Å². The SMILES string of the molecule is CC(C)C(=O)c1c[nH]c(C(=O)NCCC2OCCC2(C)C)c1. The summed E-state index contributed by atoms with van der Waals surface area (Å²) in [6, 6.07) is 1.62. The quantitative estimate of drug-likeness (QED) is 0.794. The minimum absolute atomic E-state index is 0.0383. The molecule has 0 spiro atoms. The maximum absolute atomic E-state index is 12.1. The average Bonchev–Trinajstić information content (AvgIpc) is 3.05. The second-order valence-corrected chi connectivity index (χ2v) is 6.96. The highest BCUT2D eigenvalue weighted by Crippen LogP contribution is 2.35. The van der Waals surface area contributed by atoms with Gasteiger partial charge in [-0.15, -0.1) is 0 Å². The Labute approximate surface area is 131 Å². The van der Waals surface area contributed by atoms with E-state index in [2.05, 4.69) is 24.1 Å². The molecule has 1 amide bonds. The minimum atomic E-state index is -0.182. The molecule has 1 fully saturated rings. The van der Waals surface area contributed by atoms with Crippen LogP contribution in [0.1, 0.15) is 61.4 Å². The molecule has 122 valence electrons. The molecule has 1 saturated heterocycles. The Morgan fingerprint density at radius 2 is 2.18 bits per heavy atom. The number of hydrogen-bond donors (Lipinski definition) is 2. The van der Waals surface area contributed by atoms with Crippen LogP contribution in [-0.4, -0.2) is 35.9 Å². The largest absolute Gasteiger partial charge is 0.378 e. The number of aromatic amines is 1. The predicted octanol–water partition coefficient (Wildman–Crippen LogP) is 2.79. The number of amides is 1. The van der Waals surface area contributed by atoms with E-state index >= 15 is 0 Å². The topological polar surface area (TPSA) is 71.2 Å². The van der Waals surface area contributed by atoms with Crippen LogP contribution in [0.4, 0.5) is 0 Å². The van der Waals surface area contributed by atoms with E-state index in [9.17, 15) is 9.59 Å². The molecule has 1 aromatic rings. The number of ether oxygens (including phenoxy) is 1. The fourth-order valence-electron chi connectivity index (χ4n) is 2.74. The fourth-order valence-corrected chi connectivity index (χ4v) is 2.74. The summed E-state index contributed by atoms with van der Waals surface area (Å²) in [4.78, 5) is 26.8. The smallest absolute Gasteiger partial charge is 0.267 e. The molecule has 1 unspecified atom stereocenters. The molecule has 2 rings (SSSR count). The Kier molecular flexibility index (Phi) is 5.06. The van der Waals surface area contributed by atoms with Crippen LogP contribution in [-0.2, 0) is 4.74 Å². The Morgan fingerprint density at radius 3 is 2.77 bits per heavy atom. The van der Waals surface area contributed by atoms with Gasteiger partial charge in [0.2, 0.25) is 0 Å². The van der Waals surface area contributed by atoms with Gasteiger partial charge in [0, 0.05) is 30.8 Å². The Morgan fingerprint density at radius 1 is 1.45 bits per heavy atom. The van der Waals surface area contributed by atoms with Crippen LogP contribution in [0, 0.1) is 11.3 Å². The van der Waals surface area contributed by atoms with E-state index in [1.807, 2.05) is 13.8 Å². The van der Waals surface area contributed by atoms with E-state index in [0.29, 0.717) is 17.8 Å². The molecule has 1 aliphatic heterocycles. The molecule has 1 aliphatic rings. The standard InChI is InChI=1S/C17H26N2O3/c1-11(2)15(20)12-9-13(19-10-12)16(21)18-7-5-14-17(3,4)6-8-22-14/h9-11,14,19H,5-8H2,1-4H3,(H,18,21). The highest BCUT2D eigenvalue weighted by Gasteiger charge is 2.35.